The highest BCUT2D eigenvalue weighted by atomic mass is 19.1. The number of nitrogens with one attached hydrogen (secondary N) is 2. The molecule has 0 aliphatic carbocycles. The van der Waals surface area contributed by atoms with E-state index in [-0.39, 0.29) is 11.7 Å². The third-order valence-electron chi connectivity index (χ3n) is 2.79. The Hall–Kier alpha value is -2.43. The van der Waals surface area contributed by atoms with Gasteiger partial charge in [0.05, 0.1) is 0 Å². The van der Waals surface area contributed by atoms with E-state index in [1.54, 1.807) is 18.2 Å². The molecule has 0 fully saturated rings. The van der Waals surface area contributed by atoms with Crippen molar-refractivity contribution in [1.82, 2.24) is 10.2 Å². The highest BCUT2D eigenvalue weighted by Gasteiger charge is 2.06. The lowest BCUT2D eigenvalue weighted by Crippen LogP contribution is -2.09. The highest BCUT2D eigenvalue weighted by molar-refractivity contribution is 6.01. The monoisotopic (exact) mass is 259 g/mol. The Balaban J connectivity index is 2.01. The zero-order valence-corrected chi connectivity index (χ0v) is 10.7. The number of carbonyl (C=O) groups excluding carboxylic acids is 1. The Morgan fingerprint density at radius 2 is 2.00 bits per heavy atom. The van der Waals surface area contributed by atoms with E-state index >= 15 is 0 Å². The predicted octanol–water partition coefficient (Wildman–Crippen LogP) is 2.82. The van der Waals surface area contributed by atoms with Gasteiger partial charge in [-0.3, -0.25) is 9.89 Å². The molecule has 1 aromatic heterocycles. The summed E-state index contributed by atoms with van der Waals surface area (Å²) in [5.41, 5.74) is 2.58. The lowest BCUT2D eigenvalue weighted by molar-refractivity contribution is -0.111. The minimum Gasteiger partial charge on any atom is -0.305 e. The predicted molar refractivity (Wildman–Crippen MR) is 72.1 cm³/mol. The number of rotatable bonds is 3. The summed E-state index contributed by atoms with van der Waals surface area (Å²) in [6.07, 6.45) is 3.00. The van der Waals surface area contributed by atoms with E-state index in [2.05, 4.69) is 15.5 Å². The molecule has 1 amide bonds. The highest BCUT2D eigenvalue weighted by Crippen LogP contribution is 2.13. The zero-order valence-electron chi connectivity index (χ0n) is 10.7. The Kier molecular flexibility index (Phi) is 3.75. The Morgan fingerprint density at radius 3 is 2.58 bits per heavy atom. The fourth-order valence-corrected chi connectivity index (χ4v) is 1.51. The van der Waals surface area contributed by atoms with E-state index in [0.717, 1.165) is 16.8 Å². The van der Waals surface area contributed by atoms with Crippen LogP contribution in [0.15, 0.2) is 30.3 Å². The summed E-state index contributed by atoms with van der Waals surface area (Å²) in [7, 11) is 0. The maximum absolute atomic E-state index is 12.7. The van der Waals surface area contributed by atoms with Gasteiger partial charge in [0.15, 0.2) is 5.82 Å². The first kappa shape index (κ1) is 13.0. The van der Waals surface area contributed by atoms with Gasteiger partial charge in [-0.05, 0) is 37.6 Å². The number of benzene rings is 1. The van der Waals surface area contributed by atoms with Crippen LogP contribution in [0, 0.1) is 19.7 Å². The van der Waals surface area contributed by atoms with Gasteiger partial charge in [-0.15, -0.1) is 0 Å². The first-order valence-electron chi connectivity index (χ1n) is 5.82. The quantitative estimate of drug-likeness (QED) is 0.833. The number of nitrogens with zero attached hydrogens (tertiary/aromatic N) is 1. The fourth-order valence-electron chi connectivity index (χ4n) is 1.51. The SMILES string of the molecule is Cc1[nH]nc(NC(=O)/C=C/c2ccc(F)cc2)c1C. The summed E-state index contributed by atoms with van der Waals surface area (Å²) >= 11 is 0. The summed E-state index contributed by atoms with van der Waals surface area (Å²) in [4.78, 5) is 11.7. The molecule has 2 rings (SSSR count). The molecule has 19 heavy (non-hydrogen) atoms. The van der Waals surface area contributed by atoms with Crippen molar-refractivity contribution < 1.29 is 9.18 Å². The molecule has 0 bridgehead atoms. The number of H-pyrrole nitrogens is 1. The van der Waals surface area contributed by atoms with E-state index in [9.17, 15) is 9.18 Å². The van der Waals surface area contributed by atoms with Gasteiger partial charge in [-0.2, -0.15) is 5.10 Å². The van der Waals surface area contributed by atoms with Crippen LogP contribution in [0.3, 0.4) is 0 Å². The van der Waals surface area contributed by atoms with Gasteiger partial charge < -0.3 is 5.32 Å². The lowest BCUT2D eigenvalue weighted by Gasteiger charge is -1.98. The first-order chi connectivity index (χ1) is 9.06. The van der Waals surface area contributed by atoms with Crippen molar-refractivity contribution >= 4 is 17.8 Å². The molecule has 4 nitrogen and oxygen atoms in total. The van der Waals surface area contributed by atoms with E-state index in [1.165, 1.54) is 18.2 Å². The van der Waals surface area contributed by atoms with Crippen molar-refractivity contribution in [3.8, 4) is 0 Å². The molecule has 0 spiro atoms. The van der Waals surface area contributed by atoms with Crippen LogP contribution in [0.1, 0.15) is 16.8 Å². The first-order valence-corrected chi connectivity index (χ1v) is 5.82. The van der Waals surface area contributed by atoms with Crippen LogP contribution in [0.5, 0.6) is 0 Å². The van der Waals surface area contributed by atoms with Gasteiger partial charge >= 0.3 is 0 Å². The number of aryl methyl sites for hydroxylation is 1. The lowest BCUT2D eigenvalue weighted by atomic mass is 10.2. The van der Waals surface area contributed by atoms with E-state index in [1.807, 2.05) is 13.8 Å². The molecule has 1 aromatic carbocycles. The van der Waals surface area contributed by atoms with Crippen molar-refractivity contribution in [1.29, 1.82) is 0 Å². The number of hydrogen-bond donors (Lipinski definition) is 2. The normalized spacial score (nSPS) is 10.9. The molecule has 0 saturated heterocycles. The number of halogens is 1. The van der Waals surface area contributed by atoms with E-state index < -0.39 is 0 Å². The fraction of sp³-hybridized carbons (Fsp3) is 0.143. The molecule has 98 valence electrons. The molecule has 2 aromatic rings. The van der Waals surface area contributed by atoms with Crippen molar-refractivity contribution in [2.75, 3.05) is 5.32 Å². The molecule has 0 unspecified atom stereocenters. The van der Waals surface area contributed by atoms with Gasteiger partial charge in [0, 0.05) is 17.3 Å². The van der Waals surface area contributed by atoms with Crippen molar-refractivity contribution in [3.05, 3.63) is 53.0 Å². The van der Waals surface area contributed by atoms with Crippen LogP contribution in [0.25, 0.3) is 6.08 Å². The van der Waals surface area contributed by atoms with E-state index in [0.29, 0.717) is 5.82 Å². The topological polar surface area (TPSA) is 57.8 Å². The van der Waals surface area contributed by atoms with Crippen LogP contribution >= 0.6 is 0 Å². The molecule has 0 aliphatic rings. The summed E-state index contributed by atoms with van der Waals surface area (Å²) in [5.74, 6) is -0.0607. The van der Waals surface area contributed by atoms with Gasteiger partial charge in [0.25, 0.3) is 0 Å². The molecule has 0 atom stereocenters. The second-order valence-corrected chi connectivity index (χ2v) is 4.20. The smallest absolute Gasteiger partial charge is 0.249 e. The average Bonchev–Trinajstić information content (AvgIpc) is 2.70. The molecule has 1 heterocycles. The molecule has 0 saturated carbocycles. The van der Waals surface area contributed by atoms with Crippen molar-refractivity contribution in [3.63, 3.8) is 0 Å². The largest absolute Gasteiger partial charge is 0.305 e. The van der Waals surface area contributed by atoms with Crippen LogP contribution in [0.4, 0.5) is 10.2 Å². The van der Waals surface area contributed by atoms with Crippen LogP contribution in [-0.2, 0) is 4.79 Å². The van der Waals surface area contributed by atoms with Gasteiger partial charge in [0.2, 0.25) is 5.91 Å². The van der Waals surface area contributed by atoms with Gasteiger partial charge in [0.1, 0.15) is 5.82 Å². The Morgan fingerprint density at radius 1 is 1.32 bits per heavy atom. The second-order valence-electron chi connectivity index (χ2n) is 4.20. The van der Waals surface area contributed by atoms with Crippen LogP contribution < -0.4 is 5.32 Å². The van der Waals surface area contributed by atoms with Crippen molar-refractivity contribution in [2.24, 2.45) is 0 Å². The minimum absolute atomic E-state index is 0.279. The van der Waals surface area contributed by atoms with Crippen LogP contribution in [0.2, 0.25) is 0 Å². The summed E-state index contributed by atoms with van der Waals surface area (Å²) in [6, 6.07) is 5.89. The average molecular weight is 259 g/mol. The summed E-state index contributed by atoms with van der Waals surface area (Å²) in [5, 5.41) is 9.44. The molecule has 2 N–H and O–H groups in total. The summed E-state index contributed by atoms with van der Waals surface area (Å²) in [6.45, 7) is 3.75. The number of aromatic amines is 1. The molecular weight excluding hydrogens is 245 g/mol. The summed E-state index contributed by atoms with van der Waals surface area (Å²) < 4.78 is 12.7. The zero-order chi connectivity index (χ0) is 13.8. The maximum Gasteiger partial charge on any atom is 0.249 e. The van der Waals surface area contributed by atoms with E-state index in [4.69, 9.17) is 0 Å². The number of anilines is 1. The van der Waals surface area contributed by atoms with Crippen LogP contribution in [-0.4, -0.2) is 16.1 Å². The molecule has 0 aliphatic heterocycles. The Bertz CT molecular complexity index is 614. The molecular formula is C14H14FN3O. The second kappa shape index (κ2) is 5.48. The standard InChI is InChI=1S/C14H14FN3O/c1-9-10(2)17-18-14(9)16-13(19)8-5-11-3-6-12(15)7-4-11/h3-8H,1-2H3,(H2,16,17,18,19)/b8-5+. The van der Waals surface area contributed by atoms with Gasteiger partial charge in [-0.1, -0.05) is 12.1 Å². The minimum atomic E-state index is -0.302. The number of amides is 1. The maximum atomic E-state index is 12.7. The third-order valence-corrected chi connectivity index (χ3v) is 2.79. The molecule has 0 radical (unpaired) electrons. The third kappa shape index (κ3) is 3.28. The van der Waals surface area contributed by atoms with Crippen molar-refractivity contribution in [2.45, 2.75) is 13.8 Å². The molecule has 5 heteroatoms. The number of carbonyl (C=O) groups is 1. The number of hydrogen-bond acceptors (Lipinski definition) is 2. The van der Waals surface area contributed by atoms with Gasteiger partial charge in [-0.25, -0.2) is 4.39 Å². The Labute approximate surface area is 110 Å². The number of aromatic nitrogens is 2.